The third-order valence-electron chi connectivity index (χ3n) is 2.96. The Bertz CT molecular complexity index is 401. The van der Waals surface area contributed by atoms with Gasteiger partial charge in [0.05, 0.1) is 6.61 Å². The molecule has 3 nitrogen and oxygen atoms in total. The normalized spacial score (nSPS) is 13.9. The van der Waals surface area contributed by atoms with Crippen LogP contribution in [0.2, 0.25) is 0 Å². The molecule has 0 spiro atoms. The van der Waals surface area contributed by atoms with Gasteiger partial charge in [-0.2, -0.15) is 0 Å². The van der Waals surface area contributed by atoms with Crippen LogP contribution in [0, 0.1) is 0 Å². The molecular weight excluding hydrogens is 202 g/mol. The first kappa shape index (κ1) is 11.0. The van der Waals surface area contributed by atoms with Gasteiger partial charge in [0.15, 0.2) is 0 Å². The lowest BCUT2D eigenvalue weighted by Crippen LogP contribution is -2.25. The highest BCUT2D eigenvalue weighted by atomic mass is 16.5. The highest BCUT2D eigenvalue weighted by Gasteiger charge is 2.14. The zero-order chi connectivity index (χ0) is 11.5. The van der Waals surface area contributed by atoms with E-state index in [2.05, 4.69) is 6.07 Å². The van der Waals surface area contributed by atoms with E-state index in [9.17, 15) is 4.79 Å². The number of carbonyl (C=O) groups excluding carboxylic acids is 1. The maximum Gasteiger partial charge on any atom is 0.226 e. The third kappa shape index (κ3) is 2.03. The van der Waals surface area contributed by atoms with Gasteiger partial charge in [0.1, 0.15) is 5.75 Å². The number of aryl methyl sites for hydroxylation is 1. The largest absolute Gasteiger partial charge is 0.493 e. The summed E-state index contributed by atoms with van der Waals surface area (Å²) in [6, 6.07) is 5.96. The molecule has 0 aromatic heterocycles. The van der Waals surface area contributed by atoms with Crippen molar-refractivity contribution in [3.05, 3.63) is 23.8 Å². The fraction of sp³-hybridized carbons (Fsp3) is 0.462. The van der Waals surface area contributed by atoms with Crippen molar-refractivity contribution in [1.29, 1.82) is 0 Å². The van der Waals surface area contributed by atoms with Crippen LogP contribution in [-0.4, -0.2) is 19.6 Å². The molecule has 1 aliphatic heterocycles. The van der Waals surface area contributed by atoms with Crippen LogP contribution in [-0.2, 0) is 11.2 Å². The minimum absolute atomic E-state index is 0.136. The van der Waals surface area contributed by atoms with Crippen molar-refractivity contribution in [3.63, 3.8) is 0 Å². The number of anilines is 1. The Balaban J connectivity index is 2.26. The maximum absolute atomic E-state index is 11.6. The van der Waals surface area contributed by atoms with E-state index >= 15 is 0 Å². The van der Waals surface area contributed by atoms with Crippen molar-refractivity contribution in [2.45, 2.75) is 26.2 Å². The molecule has 0 saturated heterocycles. The average molecular weight is 219 g/mol. The molecule has 1 aromatic rings. The molecule has 0 fully saturated rings. The van der Waals surface area contributed by atoms with Crippen LogP contribution in [0.25, 0.3) is 0 Å². The Morgan fingerprint density at radius 1 is 1.50 bits per heavy atom. The van der Waals surface area contributed by atoms with Gasteiger partial charge in [-0.15, -0.1) is 0 Å². The molecule has 0 atom stereocenters. The predicted octanol–water partition coefficient (Wildman–Crippen LogP) is 2.38. The molecule has 0 N–H and O–H groups in total. The molecule has 0 aliphatic carbocycles. The highest BCUT2D eigenvalue weighted by Crippen LogP contribution is 2.28. The molecule has 3 heteroatoms. The number of nitrogens with zero attached hydrogens (tertiary/aromatic N) is 1. The van der Waals surface area contributed by atoms with Gasteiger partial charge >= 0.3 is 0 Å². The molecule has 86 valence electrons. The fourth-order valence-electron chi connectivity index (χ4n) is 1.94. The topological polar surface area (TPSA) is 29.5 Å². The molecule has 0 bridgehead atoms. The van der Waals surface area contributed by atoms with E-state index in [-0.39, 0.29) is 5.91 Å². The van der Waals surface area contributed by atoms with Crippen LogP contribution in [0.4, 0.5) is 5.69 Å². The van der Waals surface area contributed by atoms with E-state index in [1.165, 1.54) is 5.56 Å². The van der Waals surface area contributed by atoms with Gasteiger partial charge < -0.3 is 9.64 Å². The smallest absolute Gasteiger partial charge is 0.226 e. The van der Waals surface area contributed by atoms with E-state index < -0.39 is 0 Å². The number of carbonyl (C=O) groups is 1. The van der Waals surface area contributed by atoms with Crippen LogP contribution >= 0.6 is 0 Å². The molecule has 1 heterocycles. The molecule has 2 rings (SSSR count). The molecule has 1 aromatic carbocycles. The van der Waals surface area contributed by atoms with Crippen LogP contribution < -0.4 is 9.64 Å². The van der Waals surface area contributed by atoms with Crippen LogP contribution in [0.3, 0.4) is 0 Å². The van der Waals surface area contributed by atoms with E-state index in [1.807, 2.05) is 26.1 Å². The summed E-state index contributed by atoms with van der Waals surface area (Å²) in [7, 11) is 1.82. The number of amides is 1. The fourth-order valence-corrected chi connectivity index (χ4v) is 1.94. The number of fused-ring (bicyclic) bond motifs is 1. The van der Waals surface area contributed by atoms with Gasteiger partial charge in [0, 0.05) is 19.2 Å². The molecule has 0 unspecified atom stereocenters. The average Bonchev–Trinajstić information content (AvgIpc) is 2.36. The minimum atomic E-state index is 0.136. The van der Waals surface area contributed by atoms with Crippen molar-refractivity contribution < 1.29 is 9.53 Å². The summed E-state index contributed by atoms with van der Waals surface area (Å²) in [5.74, 6) is 1.10. The summed E-state index contributed by atoms with van der Waals surface area (Å²) in [6.07, 6.45) is 2.63. The van der Waals surface area contributed by atoms with Crippen LogP contribution in [0.15, 0.2) is 18.2 Å². The first-order chi connectivity index (χ1) is 7.72. The molecule has 0 saturated carbocycles. The molecule has 1 aliphatic rings. The number of hydrogen-bond donors (Lipinski definition) is 0. The summed E-state index contributed by atoms with van der Waals surface area (Å²) < 4.78 is 5.54. The van der Waals surface area contributed by atoms with Crippen molar-refractivity contribution in [1.82, 2.24) is 0 Å². The second kappa shape index (κ2) is 4.56. The third-order valence-corrected chi connectivity index (χ3v) is 2.96. The number of benzene rings is 1. The Hall–Kier alpha value is -1.51. The number of hydrogen-bond acceptors (Lipinski definition) is 2. The lowest BCUT2D eigenvalue weighted by atomic mass is 10.1. The second-order valence-corrected chi connectivity index (χ2v) is 4.05. The zero-order valence-corrected chi connectivity index (χ0v) is 9.82. The summed E-state index contributed by atoms with van der Waals surface area (Å²) in [5.41, 5.74) is 2.16. The summed E-state index contributed by atoms with van der Waals surface area (Å²) in [5, 5.41) is 0. The van der Waals surface area contributed by atoms with Crippen LogP contribution in [0.5, 0.6) is 5.75 Å². The Kier molecular flexibility index (Phi) is 3.13. The molecule has 0 radical (unpaired) electrons. The van der Waals surface area contributed by atoms with Crippen molar-refractivity contribution in [2.75, 3.05) is 18.6 Å². The van der Waals surface area contributed by atoms with Gasteiger partial charge in [-0.05, 0) is 36.6 Å². The Labute approximate surface area is 96.0 Å². The highest BCUT2D eigenvalue weighted by molar-refractivity contribution is 5.92. The molecule has 1 amide bonds. The van der Waals surface area contributed by atoms with Crippen molar-refractivity contribution in [2.24, 2.45) is 0 Å². The number of rotatable bonds is 2. The van der Waals surface area contributed by atoms with Gasteiger partial charge in [0.2, 0.25) is 5.91 Å². The number of ether oxygens (including phenoxy) is 1. The van der Waals surface area contributed by atoms with E-state index in [0.717, 1.165) is 30.9 Å². The molecular formula is C13H17NO2. The molecule has 16 heavy (non-hydrogen) atoms. The summed E-state index contributed by atoms with van der Waals surface area (Å²) in [4.78, 5) is 13.3. The monoisotopic (exact) mass is 219 g/mol. The van der Waals surface area contributed by atoms with E-state index in [1.54, 1.807) is 4.90 Å². The van der Waals surface area contributed by atoms with Crippen molar-refractivity contribution >= 4 is 11.6 Å². The van der Waals surface area contributed by atoms with Crippen LogP contribution in [0.1, 0.15) is 25.3 Å². The van der Waals surface area contributed by atoms with E-state index in [0.29, 0.717) is 6.42 Å². The minimum Gasteiger partial charge on any atom is -0.493 e. The SMILES string of the molecule is CCC(=O)N(C)c1ccc2c(c1)CCCO2. The zero-order valence-electron chi connectivity index (χ0n) is 9.82. The van der Waals surface area contributed by atoms with E-state index in [4.69, 9.17) is 4.74 Å². The first-order valence-electron chi connectivity index (χ1n) is 5.74. The predicted molar refractivity (Wildman–Crippen MR) is 64.0 cm³/mol. The quantitative estimate of drug-likeness (QED) is 0.764. The lowest BCUT2D eigenvalue weighted by molar-refractivity contribution is -0.118. The maximum atomic E-state index is 11.6. The first-order valence-corrected chi connectivity index (χ1v) is 5.74. The summed E-state index contributed by atoms with van der Waals surface area (Å²) in [6.45, 7) is 2.68. The van der Waals surface area contributed by atoms with Gasteiger partial charge in [0.25, 0.3) is 0 Å². The Morgan fingerprint density at radius 3 is 3.06 bits per heavy atom. The second-order valence-electron chi connectivity index (χ2n) is 4.05. The van der Waals surface area contributed by atoms with Gasteiger partial charge in [-0.3, -0.25) is 4.79 Å². The lowest BCUT2D eigenvalue weighted by Gasteiger charge is -2.21. The van der Waals surface area contributed by atoms with Gasteiger partial charge in [-0.1, -0.05) is 6.92 Å². The van der Waals surface area contributed by atoms with Gasteiger partial charge in [-0.25, -0.2) is 0 Å². The standard InChI is InChI=1S/C13H17NO2/c1-3-13(15)14(2)11-6-7-12-10(9-11)5-4-8-16-12/h6-7,9H,3-5,8H2,1-2H3. The van der Waals surface area contributed by atoms with Crippen molar-refractivity contribution in [3.8, 4) is 5.75 Å². The Morgan fingerprint density at radius 2 is 2.31 bits per heavy atom. The summed E-state index contributed by atoms with van der Waals surface area (Å²) >= 11 is 0.